The van der Waals surface area contributed by atoms with E-state index in [2.05, 4.69) is 17.0 Å². The second kappa shape index (κ2) is 8.27. The quantitative estimate of drug-likeness (QED) is 0.662. The minimum absolute atomic E-state index is 0.365. The lowest BCUT2D eigenvalue weighted by Gasteiger charge is -2.34. The van der Waals surface area contributed by atoms with Gasteiger partial charge in [-0.1, -0.05) is 72.8 Å². The molecular formula is C23H24N2O2S. The van der Waals surface area contributed by atoms with Crippen LogP contribution in [0.2, 0.25) is 0 Å². The Morgan fingerprint density at radius 2 is 1.18 bits per heavy atom. The Morgan fingerprint density at radius 3 is 1.79 bits per heavy atom. The van der Waals surface area contributed by atoms with Gasteiger partial charge in [0.05, 0.1) is 4.90 Å². The minimum atomic E-state index is -3.45. The van der Waals surface area contributed by atoms with Crippen LogP contribution in [0.5, 0.6) is 0 Å². The Labute approximate surface area is 167 Å². The van der Waals surface area contributed by atoms with Gasteiger partial charge in [-0.2, -0.15) is 4.31 Å². The number of hydrogen-bond donors (Lipinski definition) is 0. The van der Waals surface area contributed by atoms with Crippen molar-refractivity contribution in [2.24, 2.45) is 0 Å². The Bertz CT molecular complexity index is 995. The number of hydrogen-bond acceptors (Lipinski definition) is 3. The van der Waals surface area contributed by atoms with Gasteiger partial charge in [0, 0.05) is 32.7 Å². The van der Waals surface area contributed by atoms with Crippen LogP contribution in [0.1, 0.15) is 5.56 Å². The number of sulfonamides is 1. The monoisotopic (exact) mass is 392 g/mol. The van der Waals surface area contributed by atoms with Crippen molar-refractivity contribution in [3.63, 3.8) is 0 Å². The molecule has 3 aromatic rings. The molecule has 0 aromatic heterocycles. The average Bonchev–Trinajstić information content (AvgIpc) is 2.76. The fraction of sp³-hybridized carbons (Fsp3) is 0.217. The first kappa shape index (κ1) is 18.9. The summed E-state index contributed by atoms with van der Waals surface area (Å²) in [5, 5.41) is 0. The van der Waals surface area contributed by atoms with Crippen LogP contribution in [0.3, 0.4) is 0 Å². The van der Waals surface area contributed by atoms with E-state index in [4.69, 9.17) is 0 Å². The molecule has 1 fully saturated rings. The molecule has 0 amide bonds. The van der Waals surface area contributed by atoms with E-state index in [1.165, 1.54) is 5.56 Å². The van der Waals surface area contributed by atoms with Crippen molar-refractivity contribution in [3.8, 4) is 11.1 Å². The fourth-order valence-electron chi connectivity index (χ4n) is 3.57. The van der Waals surface area contributed by atoms with Gasteiger partial charge in [0.2, 0.25) is 10.0 Å². The van der Waals surface area contributed by atoms with Crippen LogP contribution < -0.4 is 0 Å². The van der Waals surface area contributed by atoms with E-state index < -0.39 is 10.0 Å². The molecule has 1 aliphatic rings. The third kappa shape index (κ3) is 4.17. The molecule has 4 nitrogen and oxygen atoms in total. The molecule has 0 spiro atoms. The van der Waals surface area contributed by atoms with E-state index in [0.717, 1.165) is 30.8 Å². The highest BCUT2D eigenvalue weighted by atomic mass is 32.2. The van der Waals surface area contributed by atoms with Crippen molar-refractivity contribution in [1.29, 1.82) is 0 Å². The molecule has 0 aliphatic carbocycles. The lowest BCUT2D eigenvalue weighted by atomic mass is 10.1. The summed E-state index contributed by atoms with van der Waals surface area (Å²) in [4.78, 5) is 2.67. The van der Waals surface area contributed by atoms with Gasteiger partial charge in [-0.15, -0.1) is 0 Å². The second-order valence-corrected chi connectivity index (χ2v) is 8.99. The van der Waals surface area contributed by atoms with Crippen LogP contribution in [0, 0.1) is 0 Å². The topological polar surface area (TPSA) is 40.6 Å². The van der Waals surface area contributed by atoms with E-state index >= 15 is 0 Å². The lowest BCUT2D eigenvalue weighted by molar-refractivity contribution is 0.181. The second-order valence-electron chi connectivity index (χ2n) is 7.06. The molecule has 1 saturated heterocycles. The zero-order valence-corrected chi connectivity index (χ0v) is 16.6. The van der Waals surface area contributed by atoms with Crippen molar-refractivity contribution in [1.82, 2.24) is 9.21 Å². The van der Waals surface area contributed by atoms with Gasteiger partial charge in [0.1, 0.15) is 0 Å². The van der Waals surface area contributed by atoms with Crippen molar-refractivity contribution < 1.29 is 8.42 Å². The van der Waals surface area contributed by atoms with Crippen LogP contribution in [-0.2, 0) is 16.6 Å². The highest BCUT2D eigenvalue weighted by molar-refractivity contribution is 7.89. The van der Waals surface area contributed by atoms with E-state index in [-0.39, 0.29) is 0 Å². The Kier molecular flexibility index (Phi) is 5.57. The first-order valence-electron chi connectivity index (χ1n) is 9.55. The third-order valence-electron chi connectivity index (χ3n) is 5.18. The standard InChI is InChI=1S/C23H24N2O2S/c26-28(27,23-13-11-22(12-14-23)21-9-5-2-6-10-21)25-17-15-24(16-18-25)19-20-7-3-1-4-8-20/h1-14H,15-19H2. The maximum atomic E-state index is 13.0. The van der Waals surface area contributed by atoms with E-state index in [1.807, 2.05) is 60.7 Å². The summed E-state index contributed by atoms with van der Waals surface area (Å²) < 4.78 is 27.6. The maximum absolute atomic E-state index is 13.0. The fourth-order valence-corrected chi connectivity index (χ4v) is 4.99. The maximum Gasteiger partial charge on any atom is 0.243 e. The summed E-state index contributed by atoms with van der Waals surface area (Å²) in [5.41, 5.74) is 3.36. The number of rotatable bonds is 5. The smallest absolute Gasteiger partial charge is 0.243 e. The third-order valence-corrected chi connectivity index (χ3v) is 7.09. The van der Waals surface area contributed by atoms with Gasteiger partial charge >= 0.3 is 0 Å². The SMILES string of the molecule is O=S(=O)(c1ccc(-c2ccccc2)cc1)N1CCN(Cc2ccccc2)CC1. The van der Waals surface area contributed by atoms with Crippen LogP contribution in [-0.4, -0.2) is 43.8 Å². The molecule has 0 radical (unpaired) electrons. The summed E-state index contributed by atoms with van der Waals surface area (Å²) >= 11 is 0. The molecule has 1 aliphatic heterocycles. The molecular weight excluding hydrogens is 368 g/mol. The van der Waals surface area contributed by atoms with Crippen molar-refractivity contribution in [2.45, 2.75) is 11.4 Å². The molecule has 0 saturated carbocycles. The van der Waals surface area contributed by atoms with Crippen LogP contribution >= 0.6 is 0 Å². The predicted molar refractivity (Wildman–Crippen MR) is 112 cm³/mol. The number of benzene rings is 3. The minimum Gasteiger partial charge on any atom is -0.296 e. The Hall–Kier alpha value is -2.47. The number of piperazine rings is 1. The van der Waals surface area contributed by atoms with Gasteiger partial charge in [0.25, 0.3) is 0 Å². The van der Waals surface area contributed by atoms with Gasteiger partial charge in [-0.3, -0.25) is 4.90 Å². The van der Waals surface area contributed by atoms with Crippen LogP contribution in [0.15, 0.2) is 89.8 Å². The van der Waals surface area contributed by atoms with Gasteiger partial charge in [-0.25, -0.2) is 8.42 Å². The first-order chi connectivity index (χ1) is 13.6. The summed E-state index contributed by atoms with van der Waals surface area (Å²) in [6, 6.07) is 27.5. The molecule has 0 atom stereocenters. The molecule has 0 bridgehead atoms. The summed E-state index contributed by atoms with van der Waals surface area (Å²) in [7, 11) is -3.45. The summed E-state index contributed by atoms with van der Waals surface area (Å²) in [6.07, 6.45) is 0. The Morgan fingerprint density at radius 1 is 0.643 bits per heavy atom. The van der Waals surface area contributed by atoms with E-state index in [0.29, 0.717) is 18.0 Å². The molecule has 1 heterocycles. The highest BCUT2D eigenvalue weighted by Gasteiger charge is 2.28. The van der Waals surface area contributed by atoms with Crippen LogP contribution in [0.25, 0.3) is 11.1 Å². The molecule has 3 aromatic carbocycles. The van der Waals surface area contributed by atoms with Crippen LogP contribution in [0.4, 0.5) is 0 Å². The van der Waals surface area contributed by atoms with Gasteiger partial charge in [-0.05, 0) is 28.8 Å². The summed E-state index contributed by atoms with van der Waals surface area (Å²) in [5.74, 6) is 0. The van der Waals surface area contributed by atoms with E-state index in [9.17, 15) is 8.42 Å². The van der Waals surface area contributed by atoms with Gasteiger partial charge < -0.3 is 0 Å². The molecule has 4 rings (SSSR count). The lowest BCUT2D eigenvalue weighted by Crippen LogP contribution is -2.48. The first-order valence-corrected chi connectivity index (χ1v) is 11.0. The molecule has 28 heavy (non-hydrogen) atoms. The Balaban J connectivity index is 1.41. The normalized spacial score (nSPS) is 16.1. The predicted octanol–water partition coefficient (Wildman–Crippen LogP) is 3.86. The molecule has 0 N–H and O–H groups in total. The van der Waals surface area contributed by atoms with Crippen molar-refractivity contribution in [2.75, 3.05) is 26.2 Å². The van der Waals surface area contributed by atoms with Crippen molar-refractivity contribution >= 4 is 10.0 Å². The van der Waals surface area contributed by atoms with Gasteiger partial charge in [0.15, 0.2) is 0 Å². The average molecular weight is 393 g/mol. The summed E-state index contributed by atoms with van der Waals surface area (Å²) in [6.45, 7) is 3.40. The zero-order chi connectivity index (χ0) is 19.4. The molecule has 5 heteroatoms. The zero-order valence-electron chi connectivity index (χ0n) is 15.7. The molecule has 144 valence electrons. The van der Waals surface area contributed by atoms with Crippen molar-refractivity contribution in [3.05, 3.63) is 90.5 Å². The van der Waals surface area contributed by atoms with E-state index in [1.54, 1.807) is 16.4 Å². The largest absolute Gasteiger partial charge is 0.296 e. The number of nitrogens with zero attached hydrogens (tertiary/aromatic N) is 2. The molecule has 0 unspecified atom stereocenters. The highest BCUT2D eigenvalue weighted by Crippen LogP contribution is 2.23.